The van der Waals surface area contributed by atoms with E-state index in [9.17, 15) is 4.79 Å². The van der Waals surface area contributed by atoms with Crippen LogP contribution in [-0.4, -0.2) is 40.4 Å². The molecular weight excluding hydrogens is 208 g/mol. The minimum atomic E-state index is -0.344. The minimum Gasteiger partial charge on any atom is -0.339 e. The van der Waals surface area contributed by atoms with Gasteiger partial charge in [-0.2, -0.15) is 11.8 Å². The van der Waals surface area contributed by atoms with Gasteiger partial charge in [0.25, 0.3) is 0 Å². The molecule has 0 bridgehead atoms. The molecular formula is C11H22N2OS. The summed E-state index contributed by atoms with van der Waals surface area (Å²) in [4.78, 5) is 13.9. The smallest absolute Gasteiger partial charge is 0.239 e. The van der Waals surface area contributed by atoms with E-state index >= 15 is 0 Å². The summed E-state index contributed by atoms with van der Waals surface area (Å²) in [7, 11) is 0. The number of nitrogens with zero attached hydrogens (tertiary/aromatic N) is 1. The van der Waals surface area contributed by atoms with Crippen LogP contribution in [0.15, 0.2) is 0 Å². The highest BCUT2D eigenvalue weighted by atomic mass is 32.2. The fraction of sp³-hybridized carbons (Fsp3) is 0.909. The van der Waals surface area contributed by atoms with Gasteiger partial charge in [-0.25, -0.2) is 0 Å². The molecule has 0 spiro atoms. The average molecular weight is 230 g/mol. The monoisotopic (exact) mass is 230 g/mol. The number of hydrogen-bond donors (Lipinski definition) is 1. The van der Waals surface area contributed by atoms with Crippen LogP contribution >= 0.6 is 11.8 Å². The summed E-state index contributed by atoms with van der Waals surface area (Å²) in [5.41, 5.74) is 5.88. The first-order chi connectivity index (χ1) is 6.83. The first kappa shape index (κ1) is 12.8. The SMILES string of the molecule is CC(C)[C@H](N)C(=O)N1CCSC(C)(C)C1. The number of nitrogens with two attached hydrogens (primary N) is 1. The van der Waals surface area contributed by atoms with Crippen molar-refractivity contribution < 1.29 is 4.79 Å². The molecule has 0 aromatic heterocycles. The zero-order valence-electron chi connectivity index (χ0n) is 10.1. The summed E-state index contributed by atoms with van der Waals surface area (Å²) in [6.07, 6.45) is 0. The van der Waals surface area contributed by atoms with Crippen molar-refractivity contribution in [1.82, 2.24) is 4.90 Å². The molecule has 1 fully saturated rings. The van der Waals surface area contributed by atoms with E-state index in [-0.39, 0.29) is 22.6 Å². The summed E-state index contributed by atoms with van der Waals surface area (Å²) in [5.74, 6) is 1.34. The first-order valence-electron chi connectivity index (χ1n) is 5.52. The van der Waals surface area contributed by atoms with Crippen LogP contribution in [0.25, 0.3) is 0 Å². The van der Waals surface area contributed by atoms with Crippen LogP contribution in [0, 0.1) is 5.92 Å². The fourth-order valence-corrected chi connectivity index (χ4v) is 2.81. The van der Waals surface area contributed by atoms with Crippen molar-refractivity contribution in [3.05, 3.63) is 0 Å². The lowest BCUT2D eigenvalue weighted by molar-refractivity contribution is -0.133. The molecule has 3 nitrogen and oxygen atoms in total. The van der Waals surface area contributed by atoms with Gasteiger partial charge in [-0.05, 0) is 19.8 Å². The Bertz CT molecular complexity index is 241. The molecule has 1 aliphatic rings. The Morgan fingerprint density at radius 2 is 2.07 bits per heavy atom. The highest BCUT2D eigenvalue weighted by molar-refractivity contribution is 8.00. The summed E-state index contributed by atoms with van der Waals surface area (Å²) in [6.45, 7) is 10.00. The maximum Gasteiger partial charge on any atom is 0.239 e. The summed E-state index contributed by atoms with van der Waals surface area (Å²) >= 11 is 1.93. The molecule has 0 aromatic rings. The molecule has 0 radical (unpaired) electrons. The van der Waals surface area contributed by atoms with Gasteiger partial charge in [0.15, 0.2) is 0 Å². The molecule has 1 heterocycles. The van der Waals surface area contributed by atoms with Crippen molar-refractivity contribution >= 4 is 17.7 Å². The van der Waals surface area contributed by atoms with E-state index in [1.807, 2.05) is 30.5 Å². The number of amides is 1. The van der Waals surface area contributed by atoms with Crippen LogP contribution in [0.1, 0.15) is 27.7 Å². The van der Waals surface area contributed by atoms with Crippen LogP contribution in [-0.2, 0) is 4.79 Å². The van der Waals surface area contributed by atoms with Crippen LogP contribution < -0.4 is 5.73 Å². The molecule has 0 saturated carbocycles. The standard InChI is InChI=1S/C11H22N2OS/c1-8(2)9(12)10(14)13-5-6-15-11(3,4)7-13/h8-9H,5-7,12H2,1-4H3/t9-/m0/s1. The van der Waals surface area contributed by atoms with Gasteiger partial charge >= 0.3 is 0 Å². The molecule has 0 aliphatic carbocycles. The van der Waals surface area contributed by atoms with E-state index in [4.69, 9.17) is 5.73 Å². The molecule has 0 unspecified atom stereocenters. The average Bonchev–Trinajstić information content (AvgIpc) is 2.13. The predicted octanol–water partition coefficient (Wildman–Crippen LogP) is 1.32. The second-order valence-corrected chi connectivity index (χ2v) is 6.94. The van der Waals surface area contributed by atoms with Gasteiger partial charge in [0.05, 0.1) is 6.04 Å². The third-order valence-electron chi connectivity index (χ3n) is 2.74. The normalized spacial score (nSPS) is 22.9. The Hall–Kier alpha value is -0.220. The molecule has 1 saturated heterocycles. The van der Waals surface area contributed by atoms with Crippen molar-refractivity contribution in [3.8, 4) is 0 Å². The molecule has 2 N–H and O–H groups in total. The molecule has 1 amide bonds. The molecule has 1 atom stereocenters. The lowest BCUT2D eigenvalue weighted by Gasteiger charge is -2.39. The first-order valence-corrected chi connectivity index (χ1v) is 6.50. The molecule has 15 heavy (non-hydrogen) atoms. The van der Waals surface area contributed by atoms with Crippen LogP contribution in [0.3, 0.4) is 0 Å². The highest BCUT2D eigenvalue weighted by Gasteiger charge is 2.32. The Morgan fingerprint density at radius 1 is 1.47 bits per heavy atom. The number of carbonyl (C=O) groups is 1. The van der Waals surface area contributed by atoms with E-state index in [0.717, 1.165) is 18.8 Å². The number of rotatable bonds is 2. The van der Waals surface area contributed by atoms with E-state index in [1.54, 1.807) is 0 Å². The third kappa shape index (κ3) is 3.38. The van der Waals surface area contributed by atoms with Gasteiger partial charge < -0.3 is 10.6 Å². The topological polar surface area (TPSA) is 46.3 Å². The number of carbonyl (C=O) groups excluding carboxylic acids is 1. The lowest BCUT2D eigenvalue weighted by atomic mass is 10.0. The van der Waals surface area contributed by atoms with Crippen molar-refractivity contribution in [2.75, 3.05) is 18.8 Å². The van der Waals surface area contributed by atoms with Gasteiger partial charge in [0.2, 0.25) is 5.91 Å². The molecule has 88 valence electrons. The van der Waals surface area contributed by atoms with Gasteiger partial charge in [0.1, 0.15) is 0 Å². The van der Waals surface area contributed by atoms with Crippen molar-refractivity contribution in [1.29, 1.82) is 0 Å². The molecule has 1 rings (SSSR count). The third-order valence-corrected chi connectivity index (χ3v) is 4.04. The summed E-state index contributed by atoms with van der Waals surface area (Å²) in [5, 5.41) is 0. The quantitative estimate of drug-likeness (QED) is 0.778. The van der Waals surface area contributed by atoms with Gasteiger partial charge in [-0.15, -0.1) is 0 Å². The Labute approximate surface area is 96.8 Å². The predicted molar refractivity (Wildman–Crippen MR) is 65.9 cm³/mol. The van der Waals surface area contributed by atoms with E-state index in [2.05, 4.69) is 13.8 Å². The van der Waals surface area contributed by atoms with Crippen molar-refractivity contribution in [3.63, 3.8) is 0 Å². The second-order valence-electron chi connectivity index (χ2n) is 5.14. The van der Waals surface area contributed by atoms with Crippen LogP contribution in [0.2, 0.25) is 0 Å². The molecule has 0 aromatic carbocycles. The van der Waals surface area contributed by atoms with Gasteiger partial charge in [-0.1, -0.05) is 13.8 Å². The van der Waals surface area contributed by atoms with Crippen molar-refractivity contribution in [2.45, 2.75) is 38.5 Å². The van der Waals surface area contributed by atoms with Crippen LogP contribution in [0.5, 0.6) is 0 Å². The molecule has 4 heteroatoms. The summed E-state index contributed by atoms with van der Waals surface area (Å²) < 4.78 is 0.171. The fourth-order valence-electron chi connectivity index (χ4n) is 1.70. The second kappa shape index (κ2) is 4.74. The van der Waals surface area contributed by atoms with Gasteiger partial charge in [0, 0.05) is 23.6 Å². The van der Waals surface area contributed by atoms with Gasteiger partial charge in [-0.3, -0.25) is 4.79 Å². The zero-order valence-corrected chi connectivity index (χ0v) is 10.9. The van der Waals surface area contributed by atoms with E-state index < -0.39 is 0 Å². The zero-order chi connectivity index (χ0) is 11.6. The van der Waals surface area contributed by atoms with Crippen molar-refractivity contribution in [2.24, 2.45) is 11.7 Å². The Kier molecular flexibility index (Phi) is 4.06. The Morgan fingerprint density at radius 3 is 2.53 bits per heavy atom. The summed E-state index contributed by atoms with van der Waals surface area (Å²) in [6, 6.07) is -0.344. The highest BCUT2D eigenvalue weighted by Crippen LogP contribution is 2.29. The Balaban J connectivity index is 2.60. The maximum atomic E-state index is 12.0. The van der Waals surface area contributed by atoms with E-state index in [0.29, 0.717) is 0 Å². The minimum absolute atomic E-state index is 0.110. The lowest BCUT2D eigenvalue weighted by Crippen LogP contribution is -2.53. The maximum absolute atomic E-state index is 12.0. The number of hydrogen-bond acceptors (Lipinski definition) is 3. The van der Waals surface area contributed by atoms with E-state index in [1.165, 1.54) is 0 Å². The molecule has 1 aliphatic heterocycles. The number of thioether (sulfide) groups is 1. The largest absolute Gasteiger partial charge is 0.339 e. The van der Waals surface area contributed by atoms with Crippen LogP contribution in [0.4, 0.5) is 0 Å².